The zero-order valence-corrected chi connectivity index (χ0v) is 18.9. The molecule has 0 saturated carbocycles. The highest BCUT2D eigenvalue weighted by Gasteiger charge is 2.08. The van der Waals surface area contributed by atoms with Crippen LogP contribution >= 0.6 is 11.6 Å². The monoisotopic (exact) mass is 458 g/mol. The third kappa shape index (κ3) is 5.90. The van der Waals surface area contributed by atoms with Gasteiger partial charge in [-0.05, 0) is 57.8 Å². The molecule has 4 aromatic rings. The van der Waals surface area contributed by atoms with Crippen LogP contribution < -0.4 is 14.9 Å². The molecule has 0 heterocycles. The van der Waals surface area contributed by atoms with Crippen molar-refractivity contribution in [3.63, 3.8) is 0 Å². The highest BCUT2D eigenvalue weighted by Crippen LogP contribution is 2.28. The number of carbonyl (C=O) groups excluding carboxylic acids is 1. The largest absolute Gasteiger partial charge is 0.493 e. The van der Waals surface area contributed by atoms with Gasteiger partial charge in [-0.15, -0.1) is 0 Å². The fraction of sp³-hybridized carbons (Fsp3) is 0.111. The van der Waals surface area contributed by atoms with Crippen LogP contribution in [-0.4, -0.2) is 19.2 Å². The number of benzene rings is 4. The van der Waals surface area contributed by atoms with Gasteiger partial charge in [0, 0.05) is 5.02 Å². The van der Waals surface area contributed by atoms with Gasteiger partial charge in [0.1, 0.15) is 6.61 Å². The van der Waals surface area contributed by atoms with Gasteiger partial charge in [-0.25, -0.2) is 5.43 Å². The van der Waals surface area contributed by atoms with Crippen molar-refractivity contribution >= 4 is 34.5 Å². The number of hydrogen-bond acceptors (Lipinski definition) is 4. The van der Waals surface area contributed by atoms with Crippen LogP contribution in [-0.2, 0) is 17.8 Å². The summed E-state index contributed by atoms with van der Waals surface area (Å²) < 4.78 is 11.3. The maximum Gasteiger partial charge on any atom is 0.244 e. The smallest absolute Gasteiger partial charge is 0.244 e. The number of nitrogens with zero attached hydrogens (tertiary/aromatic N) is 1. The molecule has 0 aliphatic carbocycles. The lowest BCUT2D eigenvalue weighted by atomic mass is 10.0. The zero-order valence-electron chi connectivity index (χ0n) is 18.1. The Morgan fingerprint density at radius 2 is 1.76 bits per heavy atom. The number of amides is 1. The van der Waals surface area contributed by atoms with Gasteiger partial charge < -0.3 is 9.47 Å². The summed E-state index contributed by atoms with van der Waals surface area (Å²) in [6.45, 7) is 0.394. The molecular formula is C27H23ClN2O3. The molecular weight excluding hydrogens is 436 g/mol. The van der Waals surface area contributed by atoms with Crippen LogP contribution in [0.5, 0.6) is 11.5 Å². The van der Waals surface area contributed by atoms with Gasteiger partial charge in [-0.2, -0.15) is 5.10 Å². The van der Waals surface area contributed by atoms with E-state index in [-0.39, 0.29) is 12.3 Å². The van der Waals surface area contributed by atoms with Crippen molar-refractivity contribution in [2.24, 2.45) is 5.10 Å². The molecule has 5 nitrogen and oxygen atoms in total. The number of nitrogens with one attached hydrogen (secondary N) is 1. The van der Waals surface area contributed by atoms with E-state index < -0.39 is 0 Å². The van der Waals surface area contributed by atoms with Crippen LogP contribution in [0.3, 0.4) is 0 Å². The van der Waals surface area contributed by atoms with E-state index in [2.05, 4.69) is 10.5 Å². The summed E-state index contributed by atoms with van der Waals surface area (Å²) in [6.07, 6.45) is 1.83. The predicted octanol–water partition coefficient (Wildman–Crippen LogP) is 5.77. The third-order valence-corrected chi connectivity index (χ3v) is 5.38. The maximum absolute atomic E-state index is 12.4. The van der Waals surface area contributed by atoms with Gasteiger partial charge in [-0.1, -0.05) is 66.2 Å². The summed E-state index contributed by atoms with van der Waals surface area (Å²) in [6, 6.07) is 26.9. The number of fused-ring (bicyclic) bond motifs is 1. The van der Waals surface area contributed by atoms with Crippen LogP contribution in [0, 0.1) is 0 Å². The fourth-order valence-electron chi connectivity index (χ4n) is 3.46. The Morgan fingerprint density at radius 3 is 2.58 bits per heavy atom. The lowest BCUT2D eigenvalue weighted by Crippen LogP contribution is -2.19. The zero-order chi connectivity index (χ0) is 23.0. The van der Waals surface area contributed by atoms with Crippen LogP contribution in [0.15, 0.2) is 90.0 Å². The molecule has 0 saturated heterocycles. The standard InChI is InChI=1S/C27H23ClN2O3/c1-32-26-15-20(11-14-25(26)33-18-19-9-12-23(28)13-10-19)17-29-30-27(31)16-22-7-4-6-21-5-2-3-8-24(21)22/h2-15,17H,16,18H2,1H3,(H,30,31)/b29-17+. The molecule has 0 unspecified atom stereocenters. The normalized spacial score (nSPS) is 11.0. The Morgan fingerprint density at radius 1 is 0.970 bits per heavy atom. The van der Waals surface area contributed by atoms with Crippen molar-refractivity contribution < 1.29 is 14.3 Å². The molecule has 0 aliphatic heterocycles. The Bertz CT molecular complexity index is 1280. The summed E-state index contributed by atoms with van der Waals surface area (Å²) in [7, 11) is 1.58. The van der Waals surface area contributed by atoms with Crippen molar-refractivity contribution in [2.75, 3.05) is 7.11 Å². The maximum atomic E-state index is 12.4. The first-order valence-electron chi connectivity index (χ1n) is 10.5. The Kier molecular flexibility index (Phi) is 7.22. The first-order valence-corrected chi connectivity index (χ1v) is 10.8. The van der Waals surface area contributed by atoms with Crippen molar-refractivity contribution in [3.05, 3.63) is 107 Å². The molecule has 0 aliphatic rings. The van der Waals surface area contributed by atoms with Crippen molar-refractivity contribution in [1.29, 1.82) is 0 Å². The molecule has 1 N–H and O–H groups in total. The fourth-order valence-corrected chi connectivity index (χ4v) is 3.59. The van der Waals surface area contributed by atoms with E-state index in [1.807, 2.05) is 78.9 Å². The van der Waals surface area contributed by atoms with Gasteiger partial charge in [0.05, 0.1) is 19.7 Å². The van der Waals surface area contributed by atoms with Gasteiger partial charge in [0.25, 0.3) is 0 Å². The number of hydrazone groups is 1. The molecule has 0 atom stereocenters. The van der Waals surface area contributed by atoms with Gasteiger partial charge in [0.15, 0.2) is 11.5 Å². The quantitative estimate of drug-likeness (QED) is 0.269. The molecule has 4 rings (SSSR count). The highest BCUT2D eigenvalue weighted by atomic mass is 35.5. The number of carbonyl (C=O) groups is 1. The second kappa shape index (κ2) is 10.7. The number of halogens is 1. The lowest BCUT2D eigenvalue weighted by molar-refractivity contribution is -0.120. The van der Waals surface area contributed by atoms with Gasteiger partial charge in [0.2, 0.25) is 5.91 Å². The lowest BCUT2D eigenvalue weighted by Gasteiger charge is -2.11. The molecule has 1 amide bonds. The van der Waals surface area contributed by atoms with E-state index in [0.29, 0.717) is 23.1 Å². The number of hydrogen-bond donors (Lipinski definition) is 1. The van der Waals surface area contributed by atoms with E-state index in [0.717, 1.165) is 27.5 Å². The molecule has 0 aromatic heterocycles. The molecule has 0 radical (unpaired) electrons. The van der Waals surface area contributed by atoms with E-state index in [1.54, 1.807) is 19.4 Å². The van der Waals surface area contributed by atoms with Crippen LogP contribution in [0.1, 0.15) is 16.7 Å². The highest BCUT2D eigenvalue weighted by molar-refractivity contribution is 6.30. The second-order valence-electron chi connectivity index (χ2n) is 7.43. The third-order valence-electron chi connectivity index (χ3n) is 5.13. The molecule has 0 spiro atoms. The molecule has 166 valence electrons. The number of methoxy groups -OCH3 is 1. The Balaban J connectivity index is 1.36. The molecule has 0 bridgehead atoms. The van der Waals surface area contributed by atoms with E-state index >= 15 is 0 Å². The SMILES string of the molecule is COc1cc(/C=N/NC(=O)Cc2cccc3ccccc23)ccc1OCc1ccc(Cl)cc1. The second-order valence-corrected chi connectivity index (χ2v) is 7.87. The summed E-state index contributed by atoms with van der Waals surface area (Å²) >= 11 is 5.92. The number of rotatable bonds is 8. The summed E-state index contributed by atoms with van der Waals surface area (Å²) in [5, 5.41) is 6.95. The molecule has 4 aromatic carbocycles. The summed E-state index contributed by atoms with van der Waals surface area (Å²) in [4.78, 5) is 12.4. The Hall–Kier alpha value is -3.83. The Labute approximate surface area is 197 Å². The molecule has 0 fully saturated rings. The van der Waals surface area contributed by atoms with E-state index in [9.17, 15) is 4.79 Å². The summed E-state index contributed by atoms with van der Waals surface area (Å²) in [5.41, 5.74) is 5.33. The van der Waals surface area contributed by atoms with Crippen LogP contribution in [0.25, 0.3) is 10.8 Å². The number of ether oxygens (including phenoxy) is 2. The van der Waals surface area contributed by atoms with Gasteiger partial charge in [-0.3, -0.25) is 4.79 Å². The molecule has 6 heteroatoms. The first kappa shape index (κ1) is 22.4. The van der Waals surface area contributed by atoms with Crippen molar-refractivity contribution in [3.8, 4) is 11.5 Å². The van der Waals surface area contributed by atoms with Crippen LogP contribution in [0.4, 0.5) is 0 Å². The first-order chi connectivity index (χ1) is 16.1. The topological polar surface area (TPSA) is 59.9 Å². The van der Waals surface area contributed by atoms with Crippen molar-refractivity contribution in [2.45, 2.75) is 13.0 Å². The minimum absolute atomic E-state index is 0.183. The summed E-state index contributed by atoms with van der Waals surface area (Å²) in [5.74, 6) is 1.01. The minimum atomic E-state index is -0.183. The van der Waals surface area contributed by atoms with Gasteiger partial charge >= 0.3 is 0 Å². The van der Waals surface area contributed by atoms with Crippen LogP contribution in [0.2, 0.25) is 5.02 Å². The average Bonchev–Trinajstić information content (AvgIpc) is 2.84. The molecule has 33 heavy (non-hydrogen) atoms. The van der Waals surface area contributed by atoms with E-state index in [4.69, 9.17) is 21.1 Å². The van der Waals surface area contributed by atoms with E-state index in [1.165, 1.54) is 0 Å². The predicted molar refractivity (Wildman–Crippen MR) is 132 cm³/mol. The van der Waals surface area contributed by atoms with Crippen molar-refractivity contribution in [1.82, 2.24) is 5.43 Å². The minimum Gasteiger partial charge on any atom is -0.493 e. The average molecular weight is 459 g/mol.